The van der Waals surface area contributed by atoms with Crippen molar-refractivity contribution in [2.45, 2.75) is 24.2 Å². The fourth-order valence-electron chi connectivity index (χ4n) is 2.68. The van der Waals surface area contributed by atoms with E-state index in [2.05, 4.69) is 5.32 Å². The summed E-state index contributed by atoms with van der Waals surface area (Å²) in [6, 6.07) is 11.0. The summed E-state index contributed by atoms with van der Waals surface area (Å²) < 4.78 is 11.6. The molecular formula is C19H19Cl2NO4S. The quantitative estimate of drug-likeness (QED) is 0.663. The average Bonchev–Trinajstić information content (AvgIpc) is 3.14. The molecule has 0 aliphatic carbocycles. The van der Waals surface area contributed by atoms with E-state index in [0.29, 0.717) is 41.3 Å². The summed E-state index contributed by atoms with van der Waals surface area (Å²) in [7, 11) is 0. The van der Waals surface area contributed by atoms with Crippen LogP contribution in [0.15, 0.2) is 36.4 Å². The second kappa shape index (κ2) is 9.06. The number of rotatable bonds is 7. The fraction of sp³-hybridized carbons (Fsp3) is 0.316. The third kappa shape index (κ3) is 5.02. The molecule has 1 fully saturated rings. The number of carbonyl (C=O) groups is 1. The van der Waals surface area contributed by atoms with E-state index in [0.717, 1.165) is 11.1 Å². The van der Waals surface area contributed by atoms with Gasteiger partial charge in [-0.15, -0.1) is 11.8 Å². The lowest BCUT2D eigenvalue weighted by Crippen LogP contribution is -2.21. The minimum atomic E-state index is -0.804. The highest BCUT2D eigenvalue weighted by molar-refractivity contribution is 8.01. The molecule has 3 rings (SSSR count). The normalized spacial score (nSPS) is 19.1. The van der Waals surface area contributed by atoms with E-state index in [9.17, 15) is 4.79 Å². The summed E-state index contributed by atoms with van der Waals surface area (Å²) in [5.41, 5.74) is 1.85. The number of thioether (sulfide) groups is 1. The summed E-state index contributed by atoms with van der Waals surface area (Å²) >= 11 is 13.4. The van der Waals surface area contributed by atoms with Crippen LogP contribution in [0, 0.1) is 0 Å². The molecule has 0 aromatic heterocycles. The van der Waals surface area contributed by atoms with Crippen molar-refractivity contribution in [2.24, 2.45) is 0 Å². The van der Waals surface area contributed by atoms with Crippen molar-refractivity contribution in [1.82, 2.24) is 5.32 Å². The molecule has 1 saturated heterocycles. The average molecular weight is 428 g/mol. The Morgan fingerprint density at radius 1 is 1.19 bits per heavy atom. The van der Waals surface area contributed by atoms with Crippen molar-refractivity contribution >= 4 is 40.9 Å². The van der Waals surface area contributed by atoms with Gasteiger partial charge in [-0.1, -0.05) is 35.3 Å². The Bertz CT molecular complexity index is 833. The van der Waals surface area contributed by atoms with Crippen molar-refractivity contribution in [3.8, 4) is 11.5 Å². The van der Waals surface area contributed by atoms with Gasteiger partial charge in [0.15, 0.2) is 11.5 Å². The first-order chi connectivity index (χ1) is 13.0. The third-order valence-corrected chi connectivity index (χ3v) is 6.16. The Kier molecular flexibility index (Phi) is 6.76. The molecular weight excluding hydrogens is 409 g/mol. The Hall–Kier alpha value is -1.60. The van der Waals surface area contributed by atoms with Gasteiger partial charge in [0.1, 0.15) is 11.9 Å². The number of aliphatic carboxylic acids is 1. The van der Waals surface area contributed by atoms with E-state index in [4.69, 9.17) is 37.8 Å². The van der Waals surface area contributed by atoms with Gasteiger partial charge in [0.25, 0.3) is 0 Å². The van der Waals surface area contributed by atoms with Crippen LogP contribution in [0.4, 0.5) is 0 Å². The van der Waals surface area contributed by atoms with Crippen LogP contribution in [-0.2, 0) is 11.4 Å². The summed E-state index contributed by atoms with van der Waals surface area (Å²) in [5.74, 6) is 0.433. The van der Waals surface area contributed by atoms with Crippen LogP contribution in [0.2, 0.25) is 10.0 Å². The van der Waals surface area contributed by atoms with Gasteiger partial charge in [0, 0.05) is 6.54 Å². The maximum Gasteiger partial charge on any atom is 0.318 e. The number of halogens is 2. The van der Waals surface area contributed by atoms with Gasteiger partial charge in [0.05, 0.1) is 22.0 Å². The van der Waals surface area contributed by atoms with Gasteiger partial charge in [-0.3, -0.25) is 10.1 Å². The van der Waals surface area contributed by atoms with Crippen LogP contribution in [-0.4, -0.2) is 29.5 Å². The number of benzene rings is 2. The number of hydrogen-bond donors (Lipinski definition) is 2. The van der Waals surface area contributed by atoms with Crippen LogP contribution >= 0.6 is 35.0 Å². The van der Waals surface area contributed by atoms with Crippen LogP contribution < -0.4 is 14.8 Å². The summed E-state index contributed by atoms with van der Waals surface area (Å²) in [6.45, 7) is 3.16. The lowest BCUT2D eigenvalue weighted by Gasteiger charge is -2.16. The first-order valence-electron chi connectivity index (χ1n) is 8.43. The predicted molar refractivity (Wildman–Crippen MR) is 108 cm³/mol. The second-order valence-electron chi connectivity index (χ2n) is 5.93. The van der Waals surface area contributed by atoms with E-state index >= 15 is 0 Å². The lowest BCUT2D eigenvalue weighted by molar-refractivity contribution is -0.136. The Labute approximate surface area is 171 Å². The molecule has 27 heavy (non-hydrogen) atoms. The standard InChI is InChI=1S/C19H19Cl2NO4S/c1-2-25-16-8-12(18-22-9-17(27-18)19(23)24)4-6-15(16)26-10-11-3-5-13(20)14(21)7-11/h3-8,17-18,22H,2,9-10H2,1H3,(H,23,24)/t17-,18-/m1/s1. The molecule has 1 aliphatic rings. The molecule has 0 saturated carbocycles. The van der Waals surface area contributed by atoms with E-state index in [1.54, 1.807) is 12.1 Å². The van der Waals surface area contributed by atoms with E-state index in [1.165, 1.54) is 11.8 Å². The largest absolute Gasteiger partial charge is 0.490 e. The van der Waals surface area contributed by atoms with Crippen LogP contribution in [0.1, 0.15) is 23.4 Å². The highest BCUT2D eigenvalue weighted by Crippen LogP contribution is 2.39. The Balaban J connectivity index is 1.73. The monoisotopic (exact) mass is 427 g/mol. The van der Waals surface area contributed by atoms with Crippen LogP contribution in [0.25, 0.3) is 0 Å². The van der Waals surface area contributed by atoms with Gasteiger partial charge in [-0.25, -0.2) is 0 Å². The zero-order valence-electron chi connectivity index (χ0n) is 14.6. The van der Waals surface area contributed by atoms with Gasteiger partial charge in [0.2, 0.25) is 0 Å². The number of hydrogen-bond acceptors (Lipinski definition) is 5. The van der Waals surface area contributed by atoms with Crippen molar-refractivity contribution in [1.29, 1.82) is 0 Å². The molecule has 2 atom stereocenters. The van der Waals surface area contributed by atoms with Gasteiger partial charge < -0.3 is 14.6 Å². The first kappa shape index (κ1) is 20.1. The molecule has 2 N–H and O–H groups in total. The van der Waals surface area contributed by atoms with Gasteiger partial charge in [-0.2, -0.15) is 0 Å². The lowest BCUT2D eigenvalue weighted by atomic mass is 10.2. The molecule has 2 aromatic carbocycles. The molecule has 0 spiro atoms. The van der Waals surface area contributed by atoms with Gasteiger partial charge in [-0.05, 0) is 42.3 Å². The van der Waals surface area contributed by atoms with Gasteiger partial charge >= 0.3 is 5.97 Å². The molecule has 1 aliphatic heterocycles. The zero-order valence-corrected chi connectivity index (χ0v) is 16.9. The topological polar surface area (TPSA) is 67.8 Å². The fourth-order valence-corrected chi connectivity index (χ4v) is 4.14. The summed E-state index contributed by atoms with van der Waals surface area (Å²) in [6.07, 6.45) is 0. The molecule has 0 amide bonds. The number of ether oxygens (including phenoxy) is 2. The molecule has 0 unspecified atom stereocenters. The maximum absolute atomic E-state index is 11.1. The van der Waals surface area contributed by atoms with Crippen molar-refractivity contribution in [3.63, 3.8) is 0 Å². The highest BCUT2D eigenvalue weighted by Gasteiger charge is 2.31. The molecule has 5 nitrogen and oxygen atoms in total. The van der Waals surface area contributed by atoms with E-state index < -0.39 is 11.2 Å². The summed E-state index contributed by atoms with van der Waals surface area (Å²) in [5, 5.41) is 12.8. The van der Waals surface area contributed by atoms with Crippen LogP contribution in [0.3, 0.4) is 0 Å². The smallest absolute Gasteiger partial charge is 0.318 e. The van der Waals surface area contributed by atoms with Crippen molar-refractivity contribution in [2.75, 3.05) is 13.2 Å². The number of carboxylic acids is 1. The zero-order chi connectivity index (χ0) is 19.4. The molecule has 1 heterocycles. The predicted octanol–water partition coefficient (Wildman–Crippen LogP) is 4.76. The van der Waals surface area contributed by atoms with E-state index in [-0.39, 0.29) is 5.37 Å². The van der Waals surface area contributed by atoms with Crippen molar-refractivity contribution in [3.05, 3.63) is 57.6 Å². The Morgan fingerprint density at radius 3 is 2.67 bits per heavy atom. The van der Waals surface area contributed by atoms with Crippen LogP contribution in [0.5, 0.6) is 11.5 Å². The number of carboxylic acid groups (broad SMARTS) is 1. The molecule has 0 radical (unpaired) electrons. The maximum atomic E-state index is 11.1. The SMILES string of the molecule is CCOc1cc([C@@H]2NC[C@H](C(=O)O)S2)ccc1OCc1ccc(Cl)c(Cl)c1. The van der Waals surface area contributed by atoms with E-state index in [1.807, 2.05) is 31.2 Å². The third-order valence-electron chi connectivity index (χ3n) is 4.01. The molecule has 2 aromatic rings. The molecule has 8 heteroatoms. The first-order valence-corrected chi connectivity index (χ1v) is 10.1. The Morgan fingerprint density at radius 2 is 2.00 bits per heavy atom. The highest BCUT2D eigenvalue weighted by atomic mass is 35.5. The summed E-state index contributed by atoms with van der Waals surface area (Å²) in [4.78, 5) is 11.1. The van der Waals surface area contributed by atoms with Crippen molar-refractivity contribution < 1.29 is 19.4 Å². The molecule has 144 valence electrons. The second-order valence-corrected chi connectivity index (χ2v) is 8.05. The molecule has 0 bridgehead atoms. The minimum Gasteiger partial charge on any atom is -0.490 e. The minimum absolute atomic E-state index is 0.0885. The number of nitrogens with one attached hydrogen (secondary N) is 1.